The zero-order valence-corrected chi connectivity index (χ0v) is 13.1. The minimum Gasteiger partial charge on any atom is -0.366 e. The van der Waals surface area contributed by atoms with Crippen molar-refractivity contribution in [1.82, 2.24) is 19.4 Å². The summed E-state index contributed by atoms with van der Waals surface area (Å²) < 4.78 is 5.67. The fraction of sp³-hybridized carbons (Fsp3) is 0.143. The molecule has 2 aromatic heterocycles. The summed E-state index contributed by atoms with van der Waals surface area (Å²) >= 11 is 7.02. The summed E-state index contributed by atoms with van der Waals surface area (Å²) in [6.07, 6.45) is 1.85. The number of benzene rings is 1. The molecular weight excluding hydrogens is 320 g/mol. The molecule has 0 amide bonds. The van der Waals surface area contributed by atoms with E-state index in [0.717, 1.165) is 22.9 Å². The predicted octanol–water partition coefficient (Wildman–Crippen LogP) is 3.42. The Morgan fingerprint density at radius 1 is 1.36 bits per heavy atom. The average Bonchev–Trinajstić information content (AvgIpc) is 3.15. The lowest BCUT2D eigenvalue weighted by Gasteiger charge is -2.10. The number of hydrogen-bond acceptors (Lipinski definition) is 6. The Bertz CT molecular complexity index is 819. The molecule has 1 atom stereocenters. The van der Waals surface area contributed by atoms with E-state index in [1.54, 1.807) is 4.68 Å². The van der Waals surface area contributed by atoms with Crippen LogP contribution >= 0.6 is 23.1 Å². The van der Waals surface area contributed by atoms with Gasteiger partial charge in [-0.15, -0.1) is 5.10 Å². The van der Waals surface area contributed by atoms with Gasteiger partial charge in [0, 0.05) is 0 Å². The van der Waals surface area contributed by atoms with Crippen LogP contribution in [0.25, 0.3) is 5.69 Å². The number of rotatable bonds is 4. The third kappa shape index (κ3) is 2.79. The molecule has 3 rings (SSSR count). The quantitative estimate of drug-likeness (QED) is 0.792. The minimum absolute atomic E-state index is 0.124. The highest BCUT2D eigenvalue weighted by atomic mass is 35.5. The van der Waals surface area contributed by atoms with Crippen LogP contribution in [-0.2, 0) is 0 Å². The van der Waals surface area contributed by atoms with Crippen molar-refractivity contribution in [3.05, 3.63) is 52.9 Å². The van der Waals surface area contributed by atoms with Gasteiger partial charge in [-0.2, -0.15) is 9.64 Å². The van der Waals surface area contributed by atoms with Crippen LogP contribution in [-0.4, -0.2) is 19.4 Å². The van der Waals surface area contributed by atoms with Gasteiger partial charge in [-0.1, -0.05) is 35.0 Å². The largest absolute Gasteiger partial charge is 0.366 e. The van der Waals surface area contributed by atoms with Crippen LogP contribution in [0.3, 0.4) is 0 Å². The van der Waals surface area contributed by atoms with Gasteiger partial charge in [0.2, 0.25) is 0 Å². The second-order valence-electron chi connectivity index (χ2n) is 4.58. The summed E-state index contributed by atoms with van der Waals surface area (Å²) in [5, 5.41) is 21.4. The van der Waals surface area contributed by atoms with E-state index in [4.69, 9.17) is 16.9 Å². The molecule has 1 aromatic carbocycles. The number of nitrogens with zero attached hydrogens (tertiary/aromatic N) is 5. The van der Waals surface area contributed by atoms with E-state index in [-0.39, 0.29) is 11.2 Å². The lowest BCUT2D eigenvalue weighted by atomic mass is 10.2. The number of nitriles is 1. The van der Waals surface area contributed by atoms with Crippen LogP contribution in [0.4, 0.5) is 5.00 Å². The molecule has 6 nitrogen and oxygen atoms in total. The fourth-order valence-corrected chi connectivity index (χ4v) is 2.94. The minimum atomic E-state index is -0.124. The maximum atomic E-state index is 9.08. The first kappa shape index (κ1) is 14.5. The molecule has 110 valence electrons. The van der Waals surface area contributed by atoms with E-state index in [2.05, 4.69) is 20.0 Å². The van der Waals surface area contributed by atoms with Crippen LogP contribution in [0.1, 0.15) is 24.2 Å². The molecule has 1 N–H and O–H groups in total. The fourth-order valence-electron chi connectivity index (χ4n) is 1.92. The third-order valence-electron chi connectivity index (χ3n) is 3.09. The van der Waals surface area contributed by atoms with E-state index in [1.165, 1.54) is 0 Å². The topological polar surface area (TPSA) is 79.4 Å². The zero-order valence-electron chi connectivity index (χ0n) is 11.6. The molecule has 8 heteroatoms. The molecule has 0 aliphatic carbocycles. The monoisotopic (exact) mass is 330 g/mol. The van der Waals surface area contributed by atoms with Gasteiger partial charge in [-0.25, -0.2) is 4.68 Å². The molecule has 0 bridgehead atoms. The first-order valence-corrected chi connectivity index (χ1v) is 7.63. The van der Waals surface area contributed by atoms with Gasteiger partial charge in [0.25, 0.3) is 0 Å². The summed E-state index contributed by atoms with van der Waals surface area (Å²) in [6.45, 7) is 1.94. The van der Waals surface area contributed by atoms with Crippen molar-refractivity contribution in [3.8, 4) is 11.8 Å². The molecule has 0 saturated heterocycles. The molecule has 0 radical (unpaired) electrons. The maximum Gasteiger partial charge on any atom is 0.162 e. The van der Waals surface area contributed by atoms with Gasteiger partial charge in [-0.3, -0.25) is 0 Å². The zero-order chi connectivity index (χ0) is 15.5. The standard InChI is InChI=1S/C14H11ClN6S/c1-9(17-14-11(7-16)13(15)19-22-14)12-8-21(20-18-12)10-5-3-2-4-6-10/h2-6,8-9,17H,1H3. The Morgan fingerprint density at radius 3 is 2.86 bits per heavy atom. The number of para-hydroxylation sites is 1. The summed E-state index contributed by atoms with van der Waals surface area (Å²) in [5.74, 6) is 0. The van der Waals surface area contributed by atoms with Crippen LogP contribution in [0, 0.1) is 11.3 Å². The molecule has 0 fully saturated rings. The van der Waals surface area contributed by atoms with E-state index < -0.39 is 0 Å². The highest BCUT2D eigenvalue weighted by Gasteiger charge is 2.16. The van der Waals surface area contributed by atoms with Gasteiger partial charge < -0.3 is 5.32 Å². The van der Waals surface area contributed by atoms with E-state index in [0.29, 0.717) is 10.6 Å². The molecule has 0 aliphatic heterocycles. The molecule has 0 saturated carbocycles. The van der Waals surface area contributed by atoms with Crippen molar-refractivity contribution in [1.29, 1.82) is 5.26 Å². The van der Waals surface area contributed by atoms with Crippen LogP contribution in [0.2, 0.25) is 5.15 Å². The van der Waals surface area contributed by atoms with Gasteiger partial charge in [0.15, 0.2) is 5.15 Å². The Balaban J connectivity index is 1.80. The molecule has 2 heterocycles. The predicted molar refractivity (Wildman–Crippen MR) is 85.2 cm³/mol. The van der Waals surface area contributed by atoms with Gasteiger partial charge in [-0.05, 0) is 30.6 Å². The van der Waals surface area contributed by atoms with Crippen molar-refractivity contribution in [3.63, 3.8) is 0 Å². The first-order valence-electron chi connectivity index (χ1n) is 6.48. The van der Waals surface area contributed by atoms with Crippen molar-refractivity contribution < 1.29 is 0 Å². The lowest BCUT2D eigenvalue weighted by Crippen LogP contribution is -2.06. The van der Waals surface area contributed by atoms with E-state index in [1.807, 2.05) is 49.5 Å². The maximum absolute atomic E-state index is 9.08. The molecule has 3 aromatic rings. The smallest absolute Gasteiger partial charge is 0.162 e. The Kier molecular flexibility index (Phi) is 4.04. The SMILES string of the molecule is CC(Nc1snc(Cl)c1C#N)c1cn(-c2ccccc2)nn1. The van der Waals surface area contributed by atoms with Crippen molar-refractivity contribution in [2.75, 3.05) is 5.32 Å². The van der Waals surface area contributed by atoms with Gasteiger partial charge in [0.1, 0.15) is 22.3 Å². The summed E-state index contributed by atoms with van der Waals surface area (Å²) in [4.78, 5) is 0. The van der Waals surface area contributed by atoms with Crippen molar-refractivity contribution >= 4 is 28.1 Å². The molecule has 1 unspecified atom stereocenters. The second kappa shape index (κ2) is 6.13. The Hall–Kier alpha value is -2.43. The highest BCUT2D eigenvalue weighted by Crippen LogP contribution is 2.30. The number of aromatic nitrogens is 4. The Morgan fingerprint density at radius 2 is 2.14 bits per heavy atom. The van der Waals surface area contributed by atoms with E-state index in [9.17, 15) is 0 Å². The molecule has 0 aliphatic rings. The normalized spacial score (nSPS) is 11.9. The summed E-state index contributed by atoms with van der Waals surface area (Å²) in [6, 6.07) is 11.7. The molecule has 22 heavy (non-hydrogen) atoms. The van der Waals surface area contributed by atoms with Crippen LogP contribution in [0.5, 0.6) is 0 Å². The number of anilines is 1. The highest BCUT2D eigenvalue weighted by molar-refractivity contribution is 7.10. The van der Waals surface area contributed by atoms with E-state index >= 15 is 0 Å². The third-order valence-corrected chi connectivity index (χ3v) is 4.24. The number of halogens is 1. The average molecular weight is 331 g/mol. The van der Waals surface area contributed by atoms with Crippen molar-refractivity contribution in [2.45, 2.75) is 13.0 Å². The molecule has 0 spiro atoms. The summed E-state index contributed by atoms with van der Waals surface area (Å²) in [5.41, 5.74) is 2.05. The first-order chi connectivity index (χ1) is 10.7. The van der Waals surface area contributed by atoms with Crippen LogP contribution < -0.4 is 5.32 Å². The number of hydrogen-bond donors (Lipinski definition) is 1. The second-order valence-corrected chi connectivity index (χ2v) is 5.71. The molecular formula is C14H11ClN6S. The van der Waals surface area contributed by atoms with Gasteiger partial charge >= 0.3 is 0 Å². The lowest BCUT2D eigenvalue weighted by molar-refractivity contribution is 0.782. The summed E-state index contributed by atoms with van der Waals surface area (Å²) in [7, 11) is 0. The van der Waals surface area contributed by atoms with Crippen LogP contribution in [0.15, 0.2) is 36.5 Å². The van der Waals surface area contributed by atoms with Gasteiger partial charge in [0.05, 0.1) is 17.9 Å². The number of nitrogens with one attached hydrogen (secondary N) is 1. The Labute approximate surface area is 136 Å². The van der Waals surface area contributed by atoms with Crippen molar-refractivity contribution in [2.24, 2.45) is 0 Å².